The Morgan fingerprint density at radius 3 is 2.45 bits per heavy atom. The van der Waals surface area contributed by atoms with Crippen LogP contribution in [-0.2, 0) is 4.74 Å². The summed E-state index contributed by atoms with van der Waals surface area (Å²) in [6, 6.07) is 10.3. The summed E-state index contributed by atoms with van der Waals surface area (Å²) in [5.74, 6) is -0.333. The normalized spacial score (nSPS) is 14.6. The molecule has 1 fully saturated rings. The summed E-state index contributed by atoms with van der Waals surface area (Å²) in [5, 5.41) is 5.80. The Morgan fingerprint density at radius 1 is 1.00 bits per heavy atom. The van der Waals surface area contributed by atoms with E-state index in [4.69, 9.17) is 32.7 Å². The molecule has 2 aromatic carbocycles. The number of carbonyl (C=O) groups excluding carboxylic acids is 2. The first-order chi connectivity index (χ1) is 21.1. The topological polar surface area (TPSA) is 140 Å². The number of nitrogens with zero attached hydrogens (tertiary/aromatic N) is 4. The smallest absolute Gasteiger partial charge is 0.276 e. The van der Waals surface area contributed by atoms with Crippen LogP contribution in [0, 0.1) is 0 Å². The van der Waals surface area contributed by atoms with Gasteiger partial charge >= 0.3 is 0 Å². The average Bonchev–Trinajstić information content (AvgIpc) is 3.63. The van der Waals surface area contributed by atoms with Gasteiger partial charge in [-0.25, -0.2) is 9.97 Å². The summed E-state index contributed by atoms with van der Waals surface area (Å²) < 4.78 is 11.9. The molecular weight excluding hydrogens is 607 g/mol. The second kappa shape index (κ2) is 14.0. The highest BCUT2D eigenvalue weighted by atomic mass is 35.5. The summed E-state index contributed by atoms with van der Waals surface area (Å²) >= 11 is 12.3. The minimum Gasteiger partial charge on any atom is -0.493 e. The van der Waals surface area contributed by atoms with E-state index in [1.54, 1.807) is 18.2 Å². The van der Waals surface area contributed by atoms with Crippen molar-refractivity contribution >= 4 is 57.7 Å². The minimum absolute atomic E-state index is 0.0465. The molecule has 0 radical (unpaired) electrons. The Bertz CT molecular complexity index is 1590. The van der Waals surface area contributed by atoms with Crippen LogP contribution in [0.1, 0.15) is 48.2 Å². The van der Waals surface area contributed by atoms with Crippen LogP contribution in [0.15, 0.2) is 42.7 Å². The van der Waals surface area contributed by atoms with E-state index in [1.807, 2.05) is 18.2 Å². The number of aromatic amines is 2. The molecule has 5 rings (SSSR count). The van der Waals surface area contributed by atoms with E-state index in [0.717, 1.165) is 39.1 Å². The highest BCUT2D eigenvalue weighted by Gasteiger charge is 2.23. The standard InChI is InChI=1S/C30H36Cl2N8O4/c1-30(2,3)44-18-40-13-11-39(12-14-40)10-5-15-43-19-8-9-22-23(16-19)36-29(35-22)38-28(42)26-25(33-17-34-26)27(41)37-24-20(31)6-4-7-21(24)32/h4,6-9,16-17H,5,10-15,18H2,1-3H3,(H,33,34)(H,37,41)(H2,35,36,38,42). The van der Waals surface area contributed by atoms with Gasteiger partial charge in [-0.2, -0.15) is 0 Å². The van der Waals surface area contributed by atoms with Crippen LogP contribution in [0.2, 0.25) is 10.0 Å². The third kappa shape index (κ3) is 8.27. The molecule has 0 atom stereocenters. The molecule has 0 spiro atoms. The predicted molar refractivity (Wildman–Crippen MR) is 171 cm³/mol. The van der Waals surface area contributed by atoms with E-state index in [-0.39, 0.29) is 38.7 Å². The lowest BCUT2D eigenvalue weighted by Gasteiger charge is -2.35. The summed E-state index contributed by atoms with van der Waals surface area (Å²) in [7, 11) is 0. The Labute approximate surface area is 265 Å². The summed E-state index contributed by atoms with van der Waals surface area (Å²) in [6.07, 6.45) is 2.16. The number of amides is 2. The van der Waals surface area contributed by atoms with Crippen LogP contribution in [0.25, 0.3) is 11.0 Å². The Balaban J connectivity index is 1.10. The number of imidazole rings is 2. The van der Waals surface area contributed by atoms with Crippen molar-refractivity contribution in [3.8, 4) is 5.75 Å². The summed E-state index contributed by atoms with van der Waals surface area (Å²) in [6.45, 7) is 12.5. The molecule has 4 N–H and O–H groups in total. The molecule has 0 saturated carbocycles. The van der Waals surface area contributed by atoms with Crippen LogP contribution in [0.3, 0.4) is 0 Å². The molecule has 0 unspecified atom stereocenters. The maximum absolute atomic E-state index is 13.0. The third-order valence-corrected chi connectivity index (χ3v) is 7.63. The monoisotopic (exact) mass is 642 g/mol. The van der Waals surface area contributed by atoms with Crippen molar-refractivity contribution in [3.63, 3.8) is 0 Å². The molecule has 12 nitrogen and oxygen atoms in total. The lowest BCUT2D eigenvalue weighted by Crippen LogP contribution is -2.48. The fourth-order valence-electron chi connectivity index (χ4n) is 4.64. The number of hydrogen-bond donors (Lipinski definition) is 4. The molecule has 4 aromatic rings. The zero-order valence-corrected chi connectivity index (χ0v) is 26.4. The van der Waals surface area contributed by atoms with Crippen molar-refractivity contribution in [1.82, 2.24) is 29.7 Å². The van der Waals surface area contributed by atoms with Crippen molar-refractivity contribution in [3.05, 3.63) is 64.2 Å². The Kier molecular flexibility index (Phi) is 10.1. The van der Waals surface area contributed by atoms with Crippen LogP contribution >= 0.6 is 23.2 Å². The number of piperazine rings is 1. The fourth-order valence-corrected chi connectivity index (χ4v) is 5.13. The summed E-state index contributed by atoms with van der Waals surface area (Å²) in [5.41, 5.74) is 1.28. The van der Waals surface area contributed by atoms with E-state index in [1.165, 1.54) is 6.33 Å². The number of aromatic nitrogens is 4. The number of H-pyrrole nitrogens is 2. The predicted octanol–water partition coefficient (Wildman–Crippen LogP) is 5.26. The molecule has 0 bridgehead atoms. The Morgan fingerprint density at radius 2 is 1.73 bits per heavy atom. The molecule has 2 amide bonds. The maximum atomic E-state index is 13.0. The number of halogens is 2. The van der Waals surface area contributed by atoms with Gasteiger partial charge in [-0.3, -0.25) is 19.8 Å². The first-order valence-corrected chi connectivity index (χ1v) is 15.1. The average molecular weight is 644 g/mol. The zero-order chi connectivity index (χ0) is 31.3. The second-order valence-corrected chi connectivity index (χ2v) is 12.3. The number of rotatable bonds is 11. The van der Waals surface area contributed by atoms with Crippen molar-refractivity contribution in [2.75, 3.05) is 56.7 Å². The first kappa shape index (κ1) is 31.7. The van der Waals surface area contributed by atoms with Gasteiger partial charge in [-0.05, 0) is 51.5 Å². The highest BCUT2D eigenvalue weighted by molar-refractivity contribution is 6.40. The molecule has 0 aliphatic carbocycles. The Hall–Kier alpha value is -3.68. The molecule has 1 aliphatic rings. The summed E-state index contributed by atoms with van der Waals surface area (Å²) in [4.78, 5) is 44.9. The van der Waals surface area contributed by atoms with Crippen molar-refractivity contribution < 1.29 is 19.1 Å². The molecule has 2 aromatic heterocycles. The van der Waals surface area contributed by atoms with Gasteiger partial charge in [0.15, 0.2) is 5.69 Å². The van der Waals surface area contributed by atoms with Gasteiger partial charge in [0.05, 0.1) is 52.0 Å². The van der Waals surface area contributed by atoms with E-state index in [2.05, 4.69) is 61.1 Å². The number of ether oxygens (including phenoxy) is 2. The van der Waals surface area contributed by atoms with Crippen LogP contribution in [-0.4, -0.2) is 93.2 Å². The largest absolute Gasteiger partial charge is 0.493 e. The van der Waals surface area contributed by atoms with Gasteiger partial charge in [-0.1, -0.05) is 29.3 Å². The molecule has 1 aliphatic heterocycles. The number of hydrogen-bond acceptors (Lipinski definition) is 8. The van der Waals surface area contributed by atoms with E-state index >= 15 is 0 Å². The van der Waals surface area contributed by atoms with E-state index in [9.17, 15) is 9.59 Å². The quantitative estimate of drug-likeness (QED) is 0.163. The molecule has 3 heterocycles. The SMILES string of the molecule is CC(C)(C)OCN1CCN(CCCOc2ccc3nc(NC(=O)c4[nH]cnc4C(=O)Nc4c(Cl)cccc4Cl)[nH]c3c2)CC1. The number of nitrogens with one attached hydrogen (secondary N) is 4. The van der Waals surface area contributed by atoms with Crippen LogP contribution < -0.4 is 15.4 Å². The lowest BCUT2D eigenvalue weighted by atomic mass is 10.2. The number of carbonyl (C=O) groups is 2. The highest BCUT2D eigenvalue weighted by Crippen LogP contribution is 2.30. The van der Waals surface area contributed by atoms with Crippen molar-refractivity contribution in [1.29, 1.82) is 0 Å². The maximum Gasteiger partial charge on any atom is 0.276 e. The molecular formula is C30H36Cl2N8O4. The fraction of sp³-hybridized carbons (Fsp3) is 0.400. The number of benzene rings is 2. The third-order valence-electron chi connectivity index (χ3n) is 7.00. The molecule has 234 valence electrons. The first-order valence-electron chi connectivity index (χ1n) is 14.4. The van der Waals surface area contributed by atoms with Gasteiger partial charge in [0.1, 0.15) is 11.4 Å². The minimum atomic E-state index is -0.647. The second-order valence-electron chi connectivity index (χ2n) is 11.4. The molecule has 1 saturated heterocycles. The van der Waals surface area contributed by atoms with E-state index in [0.29, 0.717) is 30.1 Å². The lowest BCUT2D eigenvalue weighted by molar-refractivity contribution is -0.0740. The number of anilines is 2. The van der Waals surface area contributed by atoms with Crippen LogP contribution in [0.4, 0.5) is 11.6 Å². The van der Waals surface area contributed by atoms with E-state index < -0.39 is 11.8 Å². The van der Waals surface area contributed by atoms with Gasteiger partial charge in [-0.15, -0.1) is 0 Å². The van der Waals surface area contributed by atoms with Gasteiger partial charge < -0.3 is 29.7 Å². The van der Waals surface area contributed by atoms with Gasteiger partial charge in [0, 0.05) is 38.8 Å². The molecule has 44 heavy (non-hydrogen) atoms. The zero-order valence-electron chi connectivity index (χ0n) is 24.9. The van der Waals surface area contributed by atoms with Gasteiger partial charge in [0.25, 0.3) is 11.8 Å². The molecule has 14 heteroatoms. The van der Waals surface area contributed by atoms with Crippen molar-refractivity contribution in [2.24, 2.45) is 0 Å². The number of fused-ring (bicyclic) bond motifs is 1. The number of para-hydroxylation sites is 1. The van der Waals surface area contributed by atoms with Crippen molar-refractivity contribution in [2.45, 2.75) is 32.8 Å². The van der Waals surface area contributed by atoms with Crippen LogP contribution in [0.5, 0.6) is 5.75 Å². The van der Waals surface area contributed by atoms with Gasteiger partial charge in [0.2, 0.25) is 5.95 Å².